The number of benzene rings is 4. The molecule has 0 aliphatic carbocycles. The highest BCUT2D eigenvalue weighted by molar-refractivity contribution is 6.33. The van der Waals surface area contributed by atoms with Crippen molar-refractivity contribution in [1.82, 2.24) is 5.32 Å². The Morgan fingerprint density at radius 3 is 2.16 bits per heavy atom. The number of carboxylic acid groups (broad SMARTS) is 1. The molecule has 0 aromatic heterocycles. The van der Waals surface area contributed by atoms with Crippen molar-refractivity contribution < 1.29 is 19.8 Å². The molecule has 3 N–H and O–H groups in total. The Bertz CT molecular complexity index is 1440. The first-order valence-corrected chi connectivity index (χ1v) is 13.3. The first kappa shape index (κ1) is 27.5. The molecule has 5 nitrogen and oxygen atoms in total. The predicted molar refractivity (Wildman–Crippen MR) is 153 cm³/mol. The van der Waals surface area contributed by atoms with E-state index in [1.54, 1.807) is 18.2 Å². The van der Waals surface area contributed by atoms with Gasteiger partial charge in [0.15, 0.2) is 0 Å². The molecule has 4 aromatic rings. The van der Waals surface area contributed by atoms with Gasteiger partial charge in [0.05, 0.1) is 6.42 Å². The van der Waals surface area contributed by atoms with Crippen molar-refractivity contribution >= 4 is 45.9 Å². The van der Waals surface area contributed by atoms with Gasteiger partial charge < -0.3 is 15.5 Å². The summed E-state index contributed by atoms with van der Waals surface area (Å²) in [6, 6.07) is 24.5. The monoisotopic (exact) mass is 549 g/mol. The maximum atomic E-state index is 12.5. The number of hydrogen-bond donors (Lipinski definition) is 3. The van der Waals surface area contributed by atoms with Gasteiger partial charge in [-0.1, -0.05) is 85.1 Å². The minimum absolute atomic E-state index is 0.00995. The summed E-state index contributed by atoms with van der Waals surface area (Å²) in [5.41, 5.74) is 3.48. The van der Waals surface area contributed by atoms with Crippen molar-refractivity contribution in [3.63, 3.8) is 0 Å². The number of aromatic hydroxyl groups is 1. The average Bonchev–Trinajstić information content (AvgIpc) is 2.90. The van der Waals surface area contributed by atoms with Crippen LogP contribution in [-0.4, -0.2) is 28.6 Å². The molecule has 2 atom stereocenters. The van der Waals surface area contributed by atoms with Gasteiger partial charge in [-0.25, -0.2) is 0 Å². The second-order valence-electron chi connectivity index (χ2n) is 9.28. The van der Waals surface area contributed by atoms with Gasteiger partial charge in [-0.05, 0) is 64.7 Å². The van der Waals surface area contributed by atoms with Crippen LogP contribution in [0.5, 0.6) is 5.75 Å². The molecule has 38 heavy (non-hydrogen) atoms. The van der Waals surface area contributed by atoms with E-state index >= 15 is 0 Å². The Kier molecular flexibility index (Phi) is 8.93. The molecule has 0 aliphatic rings. The number of nitrogens with one attached hydrogen (secondary N) is 1. The van der Waals surface area contributed by atoms with E-state index in [0.717, 1.165) is 40.3 Å². The Hall–Kier alpha value is -3.54. The lowest BCUT2D eigenvalue weighted by molar-refractivity contribution is -0.136. The number of fused-ring (bicyclic) bond motifs is 1. The molecular formula is C31H29Cl2NO4. The summed E-state index contributed by atoms with van der Waals surface area (Å²) < 4.78 is 0. The Morgan fingerprint density at radius 1 is 0.895 bits per heavy atom. The van der Waals surface area contributed by atoms with Crippen molar-refractivity contribution in [2.45, 2.75) is 38.0 Å². The number of rotatable bonds is 10. The fraction of sp³-hybridized carbons (Fsp3) is 0.226. The molecule has 0 bridgehead atoms. The molecule has 1 amide bonds. The van der Waals surface area contributed by atoms with Crippen molar-refractivity contribution in [2.24, 2.45) is 0 Å². The number of hydrogen-bond acceptors (Lipinski definition) is 3. The third-order valence-corrected chi connectivity index (χ3v) is 7.35. The van der Waals surface area contributed by atoms with Crippen LogP contribution in [0.2, 0.25) is 10.0 Å². The number of carbonyl (C=O) groups is 2. The second-order valence-corrected chi connectivity index (χ2v) is 10.1. The largest absolute Gasteiger partial charge is 0.507 e. The van der Waals surface area contributed by atoms with Gasteiger partial charge in [0.1, 0.15) is 5.75 Å². The zero-order valence-electron chi connectivity index (χ0n) is 21.0. The number of phenolic OH excluding ortho intramolecular Hbond substituents is 1. The maximum absolute atomic E-state index is 12.5. The summed E-state index contributed by atoms with van der Waals surface area (Å²) in [5, 5.41) is 24.8. The fourth-order valence-electron chi connectivity index (χ4n) is 5.04. The van der Waals surface area contributed by atoms with Crippen LogP contribution in [0.15, 0.2) is 78.9 Å². The Labute approximate surface area is 232 Å². The minimum atomic E-state index is -0.961. The molecule has 7 heteroatoms. The fourth-order valence-corrected chi connectivity index (χ4v) is 5.48. The topological polar surface area (TPSA) is 86.6 Å². The molecule has 2 unspecified atom stereocenters. The van der Waals surface area contributed by atoms with Crippen LogP contribution in [0.1, 0.15) is 65.1 Å². The molecule has 196 valence electrons. The third-order valence-electron chi connectivity index (χ3n) is 6.78. The minimum Gasteiger partial charge on any atom is -0.507 e. The highest BCUT2D eigenvalue weighted by Crippen LogP contribution is 2.48. The SMILES string of the molecule is CCCC(c1ccc(C(=O)NCCC(=O)O)cc1)C(c1ccc(Cl)cc1)c1c(Cl)cc(O)c2ccccc12. The quantitative estimate of drug-likeness (QED) is 0.188. The van der Waals surface area contributed by atoms with Crippen LogP contribution >= 0.6 is 23.2 Å². The van der Waals surface area contributed by atoms with Gasteiger partial charge in [-0.2, -0.15) is 0 Å². The van der Waals surface area contributed by atoms with Gasteiger partial charge in [0.25, 0.3) is 5.91 Å². The van der Waals surface area contributed by atoms with Crippen molar-refractivity contribution in [3.8, 4) is 5.75 Å². The molecular weight excluding hydrogens is 521 g/mol. The molecule has 0 saturated carbocycles. The van der Waals surface area contributed by atoms with E-state index in [1.807, 2.05) is 60.7 Å². The summed E-state index contributed by atoms with van der Waals surface area (Å²) in [4.78, 5) is 23.3. The van der Waals surface area contributed by atoms with Gasteiger partial charge in [-0.3, -0.25) is 9.59 Å². The van der Waals surface area contributed by atoms with Crippen LogP contribution in [0.4, 0.5) is 0 Å². The highest BCUT2D eigenvalue weighted by Gasteiger charge is 2.30. The molecule has 0 fully saturated rings. The van der Waals surface area contributed by atoms with Gasteiger partial charge in [0, 0.05) is 33.5 Å². The lowest BCUT2D eigenvalue weighted by Gasteiger charge is -2.31. The molecule has 0 saturated heterocycles. The number of halogens is 2. The molecule has 4 aromatic carbocycles. The van der Waals surface area contributed by atoms with E-state index in [4.69, 9.17) is 28.3 Å². The summed E-state index contributed by atoms with van der Waals surface area (Å²) in [6.07, 6.45) is 1.63. The van der Waals surface area contributed by atoms with Crippen molar-refractivity contribution in [3.05, 3.63) is 111 Å². The molecule has 0 radical (unpaired) electrons. The number of aliphatic carboxylic acids is 1. The van der Waals surface area contributed by atoms with E-state index in [0.29, 0.717) is 15.6 Å². The Balaban J connectivity index is 1.81. The van der Waals surface area contributed by atoms with Gasteiger partial charge in [-0.15, -0.1) is 0 Å². The van der Waals surface area contributed by atoms with E-state index in [1.165, 1.54) is 0 Å². The van der Waals surface area contributed by atoms with E-state index in [9.17, 15) is 14.7 Å². The van der Waals surface area contributed by atoms with E-state index in [-0.39, 0.29) is 36.5 Å². The van der Waals surface area contributed by atoms with Crippen LogP contribution < -0.4 is 5.32 Å². The summed E-state index contributed by atoms with van der Waals surface area (Å²) in [5.74, 6) is -1.28. The van der Waals surface area contributed by atoms with Crippen molar-refractivity contribution in [2.75, 3.05) is 6.54 Å². The lowest BCUT2D eigenvalue weighted by atomic mass is 9.73. The number of carbonyl (C=O) groups excluding carboxylic acids is 1. The third kappa shape index (κ3) is 6.12. The summed E-state index contributed by atoms with van der Waals surface area (Å²) in [6.45, 7) is 2.20. The first-order chi connectivity index (χ1) is 18.3. The Morgan fingerprint density at radius 2 is 1.53 bits per heavy atom. The van der Waals surface area contributed by atoms with E-state index in [2.05, 4.69) is 12.2 Å². The second kappa shape index (κ2) is 12.3. The lowest BCUT2D eigenvalue weighted by Crippen LogP contribution is -2.26. The average molecular weight is 550 g/mol. The summed E-state index contributed by atoms with van der Waals surface area (Å²) in [7, 11) is 0. The maximum Gasteiger partial charge on any atom is 0.305 e. The predicted octanol–water partition coefficient (Wildman–Crippen LogP) is 7.77. The first-order valence-electron chi connectivity index (χ1n) is 12.6. The van der Waals surface area contributed by atoms with Crippen LogP contribution in [0.3, 0.4) is 0 Å². The standard InChI is InChI=1S/C31H29Cl2NO4/c1-2-5-23(19-8-10-21(11-9-19)31(38)34-17-16-28(36)37)29(20-12-14-22(32)15-13-20)30-25-7-4-3-6-24(25)27(35)18-26(30)33/h3-4,6-15,18,23,29,35H,2,5,16-17H2,1H3,(H,34,38)(H,36,37). The summed E-state index contributed by atoms with van der Waals surface area (Å²) >= 11 is 13.1. The van der Waals surface area contributed by atoms with Crippen LogP contribution in [0, 0.1) is 0 Å². The molecule has 0 spiro atoms. The zero-order valence-corrected chi connectivity index (χ0v) is 22.5. The molecule has 0 aliphatic heterocycles. The molecule has 4 rings (SSSR count). The smallest absolute Gasteiger partial charge is 0.305 e. The van der Waals surface area contributed by atoms with Crippen LogP contribution in [0.25, 0.3) is 10.8 Å². The number of phenols is 1. The van der Waals surface area contributed by atoms with Crippen LogP contribution in [-0.2, 0) is 4.79 Å². The van der Waals surface area contributed by atoms with Gasteiger partial charge in [0.2, 0.25) is 0 Å². The highest BCUT2D eigenvalue weighted by atomic mass is 35.5. The van der Waals surface area contributed by atoms with Gasteiger partial charge >= 0.3 is 5.97 Å². The normalized spacial score (nSPS) is 12.7. The molecule has 0 heterocycles. The number of carboxylic acids is 1. The van der Waals surface area contributed by atoms with E-state index < -0.39 is 5.97 Å². The van der Waals surface area contributed by atoms with Crippen molar-refractivity contribution in [1.29, 1.82) is 0 Å². The number of amides is 1. The zero-order chi connectivity index (χ0) is 27.2.